The van der Waals surface area contributed by atoms with Crippen molar-refractivity contribution in [3.05, 3.63) is 48.5 Å². The Labute approximate surface area is 150 Å². The molecular weight excluding hydrogens is 310 g/mol. The maximum Gasteiger partial charge on any atom is 0.121 e. The van der Waals surface area contributed by atoms with Crippen molar-refractivity contribution in [1.82, 2.24) is 0 Å². The number of benzene rings is 2. The van der Waals surface area contributed by atoms with Gasteiger partial charge in [-0.1, -0.05) is 32.1 Å². The molecule has 4 heteroatoms. The summed E-state index contributed by atoms with van der Waals surface area (Å²) in [4.78, 5) is 4.70. The SMILES string of the molecule is [B]P(c1ccc(N(CC)CC)cc1)c1ccc(N(CC)CC)cc1. The molecule has 0 aliphatic rings. The lowest BCUT2D eigenvalue weighted by molar-refractivity contribution is 0.866. The molecule has 0 heterocycles. The zero-order chi connectivity index (χ0) is 17.5. The first kappa shape index (κ1) is 18.9. The molecule has 0 saturated heterocycles. The highest BCUT2D eigenvalue weighted by Crippen LogP contribution is 2.29. The highest BCUT2D eigenvalue weighted by molar-refractivity contribution is 7.94. The molecule has 2 aromatic rings. The summed E-state index contributed by atoms with van der Waals surface area (Å²) in [6.07, 6.45) is 0. The molecule has 24 heavy (non-hydrogen) atoms. The Morgan fingerprint density at radius 3 is 1.17 bits per heavy atom. The summed E-state index contributed by atoms with van der Waals surface area (Å²) in [7, 11) is 5.75. The van der Waals surface area contributed by atoms with E-state index < -0.39 is 7.80 Å². The van der Waals surface area contributed by atoms with Crippen LogP contribution in [0.2, 0.25) is 0 Å². The fourth-order valence-corrected chi connectivity index (χ4v) is 4.21. The molecule has 2 rings (SSSR count). The minimum absolute atomic E-state index is 0.788. The second-order valence-corrected chi connectivity index (χ2v) is 7.52. The number of anilines is 2. The Hall–Kier alpha value is -1.47. The highest BCUT2D eigenvalue weighted by Gasteiger charge is 2.09. The van der Waals surface area contributed by atoms with Crippen molar-refractivity contribution in [2.75, 3.05) is 36.0 Å². The number of hydrogen-bond acceptors (Lipinski definition) is 2. The fraction of sp³-hybridized carbons (Fsp3) is 0.400. The Bertz CT molecular complexity index is 549. The van der Waals surface area contributed by atoms with Gasteiger partial charge in [-0.3, -0.25) is 0 Å². The largest absolute Gasteiger partial charge is 0.372 e. The third-order valence-electron chi connectivity index (χ3n) is 4.51. The van der Waals surface area contributed by atoms with E-state index in [2.05, 4.69) is 86.0 Å². The maximum atomic E-state index is 6.54. The average Bonchev–Trinajstić information content (AvgIpc) is 2.64. The van der Waals surface area contributed by atoms with Crippen molar-refractivity contribution < 1.29 is 0 Å². The molecule has 2 radical (unpaired) electrons. The van der Waals surface area contributed by atoms with E-state index in [1.54, 1.807) is 0 Å². The topological polar surface area (TPSA) is 6.48 Å². The molecule has 0 unspecified atom stereocenters. The van der Waals surface area contributed by atoms with E-state index in [0.717, 1.165) is 26.2 Å². The summed E-state index contributed by atoms with van der Waals surface area (Å²) < 4.78 is 0. The van der Waals surface area contributed by atoms with Crippen molar-refractivity contribution in [2.24, 2.45) is 0 Å². The third kappa shape index (κ3) is 4.33. The van der Waals surface area contributed by atoms with Crippen molar-refractivity contribution in [1.29, 1.82) is 0 Å². The van der Waals surface area contributed by atoms with Crippen molar-refractivity contribution in [3.63, 3.8) is 0 Å². The van der Waals surface area contributed by atoms with Crippen molar-refractivity contribution in [3.8, 4) is 0 Å². The average molecular weight is 338 g/mol. The minimum Gasteiger partial charge on any atom is -0.372 e. The molecule has 2 nitrogen and oxygen atoms in total. The molecule has 2 aromatic carbocycles. The van der Waals surface area contributed by atoms with E-state index >= 15 is 0 Å². The lowest BCUT2D eigenvalue weighted by Crippen LogP contribution is -2.23. The molecule has 0 bridgehead atoms. The summed E-state index contributed by atoms with van der Waals surface area (Å²) in [5.41, 5.74) is 2.54. The highest BCUT2D eigenvalue weighted by atomic mass is 31.1. The molecule has 0 fully saturated rings. The van der Waals surface area contributed by atoms with Crippen LogP contribution in [-0.2, 0) is 0 Å². The molecule has 0 spiro atoms. The number of rotatable bonds is 8. The standard InChI is InChI=1S/C20H28BN2P/c1-5-22(6-2)17-9-13-19(14-10-17)24(21)20-15-11-18(12-16-20)23(7-3)8-4/h9-16H,5-8H2,1-4H3. The lowest BCUT2D eigenvalue weighted by Gasteiger charge is -2.23. The van der Waals surface area contributed by atoms with Crippen LogP contribution in [0.3, 0.4) is 0 Å². The minimum atomic E-state index is -0.788. The summed E-state index contributed by atoms with van der Waals surface area (Å²) >= 11 is 0. The predicted molar refractivity (Wildman–Crippen MR) is 112 cm³/mol. The molecule has 0 saturated carbocycles. The van der Waals surface area contributed by atoms with Crippen molar-refractivity contribution in [2.45, 2.75) is 27.7 Å². The van der Waals surface area contributed by atoms with Gasteiger partial charge in [0.1, 0.15) is 7.57 Å². The lowest BCUT2D eigenvalue weighted by atomic mass is 10.3. The van der Waals surface area contributed by atoms with Crippen LogP contribution in [-0.4, -0.2) is 33.7 Å². The van der Waals surface area contributed by atoms with Gasteiger partial charge in [0.05, 0.1) is 0 Å². The van der Waals surface area contributed by atoms with E-state index in [9.17, 15) is 0 Å². The summed E-state index contributed by atoms with van der Waals surface area (Å²) in [5.74, 6) is 0. The van der Waals surface area contributed by atoms with E-state index in [1.165, 1.54) is 22.0 Å². The number of hydrogen-bond donors (Lipinski definition) is 0. The first-order valence-corrected chi connectivity index (χ1v) is 10.3. The van der Waals surface area contributed by atoms with Crippen LogP contribution in [0.25, 0.3) is 0 Å². The molecule has 126 valence electrons. The summed E-state index contributed by atoms with van der Waals surface area (Å²) in [6, 6.07) is 17.5. The summed E-state index contributed by atoms with van der Waals surface area (Å²) in [6.45, 7) is 12.9. The molecule has 0 N–H and O–H groups in total. The Kier molecular flexibility index (Phi) is 7.18. The summed E-state index contributed by atoms with van der Waals surface area (Å²) in [5, 5.41) is 2.44. The molecule has 0 aromatic heterocycles. The van der Waals surface area contributed by atoms with E-state index in [-0.39, 0.29) is 0 Å². The van der Waals surface area contributed by atoms with Gasteiger partial charge in [0.25, 0.3) is 0 Å². The van der Waals surface area contributed by atoms with Crippen LogP contribution >= 0.6 is 7.80 Å². The monoisotopic (exact) mass is 338 g/mol. The zero-order valence-corrected chi connectivity index (χ0v) is 16.3. The van der Waals surface area contributed by atoms with E-state index in [4.69, 9.17) is 7.57 Å². The first-order chi connectivity index (χ1) is 11.6. The van der Waals surface area contributed by atoms with Gasteiger partial charge in [-0.05, 0) is 62.6 Å². The van der Waals surface area contributed by atoms with E-state index in [1.807, 2.05) is 0 Å². The smallest absolute Gasteiger partial charge is 0.121 e. The van der Waals surface area contributed by atoms with Crippen LogP contribution in [0.5, 0.6) is 0 Å². The Morgan fingerprint density at radius 1 is 0.625 bits per heavy atom. The van der Waals surface area contributed by atoms with Crippen LogP contribution < -0.4 is 20.4 Å². The third-order valence-corrected chi connectivity index (χ3v) is 6.22. The molecule has 0 atom stereocenters. The Balaban J connectivity index is 2.15. The zero-order valence-electron chi connectivity index (χ0n) is 15.4. The van der Waals surface area contributed by atoms with Gasteiger partial charge in [0.15, 0.2) is 0 Å². The maximum absolute atomic E-state index is 6.54. The van der Waals surface area contributed by atoms with Crippen LogP contribution in [0, 0.1) is 0 Å². The molecule has 0 aliphatic carbocycles. The normalized spacial score (nSPS) is 10.9. The quantitative estimate of drug-likeness (QED) is 0.532. The van der Waals surface area contributed by atoms with Crippen LogP contribution in [0.1, 0.15) is 27.7 Å². The van der Waals surface area contributed by atoms with Crippen molar-refractivity contribution >= 4 is 37.3 Å². The van der Waals surface area contributed by atoms with Gasteiger partial charge in [-0.25, -0.2) is 0 Å². The van der Waals surface area contributed by atoms with Gasteiger partial charge in [0.2, 0.25) is 0 Å². The second kappa shape index (κ2) is 9.13. The van der Waals surface area contributed by atoms with Gasteiger partial charge < -0.3 is 9.80 Å². The van der Waals surface area contributed by atoms with Gasteiger partial charge >= 0.3 is 0 Å². The molecule has 0 amide bonds. The molecular formula is C20H28BN2P. The van der Waals surface area contributed by atoms with Crippen LogP contribution in [0.4, 0.5) is 11.4 Å². The van der Waals surface area contributed by atoms with Gasteiger partial charge in [-0.2, -0.15) is 0 Å². The molecule has 0 aliphatic heterocycles. The van der Waals surface area contributed by atoms with Crippen LogP contribution in [0.15, 0.2) is 48.5 Å². The predicted octanol–water partition coefficient (Wildman–Crippen LogP) is 3.90. The van der Waals surface area contributed by atoms with Gasteiger partial charge in [0, 0.05) is 37.6 Å². The Morgan fingerprint density at radius 2 is 0.917 bits per heavy atom. The fourth-order valence-electron chi connectivity index (χ4n) is 2.97. The number of nitrogens with zero attached hydrogens (tertiary/aromatic N) is 2. The second-order valence-electron chi connectivity index (χ2n) is 5.75. The van der Waals surface area contributed by atoms with E-state index in [0.29, 0.717) is 0 Å². The first-order valence-electron chi connectivity index (χ1n) is 8.89. The van der Waals surface area contributed by atoms with Gasteiger partial charge in [-0.15, -0.1) is 0 Å².